The van der Waals surface area contributed by atoms with E-state index in [-0.39, 0.29) is 16.8 Å². The van der Waals surface area contributed by atoms with E-state index in [0.717, 1.165) is 24.4 Å². The molecular weight excluding hydrogens is 423 g/mol. The van der Waals surface area contributed by atoms with Gasteiger partial charge in [0.25, 0.3) is 0 Å². The van der Waals surface area contributed by atoms with Crippen molar-refractivity contribution in [2.45, 2.75) is 19.4 Å². The fourth-order valence-corrected chi connectivity index (χ4v) is 3.72. The van der Waals surface area contributed by atoms with Crippen molar-refractivity contribution < 1.29 is 18.4 Å². The van der Waals surface area contributed by atoms with Gasteiger partial charge in [-0.1, -0.05) is 16.8 Å². The van der Waals surface area contributed by atoms with Crippen molar-refractivity contribution in [1.29, 1.82) is 0 Å². The molecule has 9 heteroatoms. The second-order valence-electron chi connectivity index (χ2n) is 7.41. The number of halogens is 2. The molecule has 2 heterocycles. The lowest BCUT2D eigenvalue weighted by Gasteiger charge is -2.30. The zero-order valence-corrected chi connectivity index (χ0v) is 17.7. The third-order valence-electron chi connectivity index (χ3n) is 5.32. The number of piperidine rings is 1. The molecule has 162 valence electrons. The summed E-state index contributed by atoms with van der Waals surface area (Å²) in [7, 11) is 1.62. The SMILES string of the molecule is COc1ccc(-c2noc(CN3CCC(C(=O)Nc4ccc(F)c(Cl)c4)CC3)n2)cc1. The number of carbonyl (C=O) groups excluding carboxylic acids is 1. The fourth-order valence-electron chi connectivity index (χ4n) is 3.54. The molecule has 1 saturated heterocycles. The van der Waals surface area contributed by atoms with Crippen molar-refractivity contribution in [3.8, 4) is 17.1 Å². The maximum Gasteiger partial charge on any atom is 0.241 e. The first-order chi connectivity index (χ1) is 15.0. The van der Waals surface area contributed by atoms with Crippen LogP contribution in [-0.2, 0) is 11.3 Å². The van der Waals surface area contributed by atoms with Gasteiger partial charge in [0.15, 0.2) is 0 Å². The van der Waals surface area contributed by atoms with Crippen LogP contribution in [0.25, 0.3) is 11.4 Å². The Morgan fingerprint density at radius 1 is 1.26 bits per heavy atom. The third-order valence-corrected chi connectivity index (χ3v) is 5.61. The van der Waals surface area contributed by atoms with E-state index in [0.29, 0.717) is 36.8 Å². The lowest BCUT2D eigenvalue weighted by atomic mass is 9.96. The van der Waals surface area contributed by atoms with Gasteiger partial charge in [0.2, 0.25) is 17.6 Å². The Morgan fingerprint density at radius 2 is 2.00 bits per heavy atom. The molecule has 0 aliphatic carbocycles. The van der Waals surface area contributed by atoms with Crippen molar-refractivity contribution in [3.63, 3.8) is 0 Å². The summed E-state index contributed by atoms with van der Waals surface area (Å²) in [6, 6.07) is 11.6. The second kappa shape index (κ2) is 9.45. The van der Waals surface area contributed by atoms with Gasteiger partial charge >= 0.3 is 0 Å². The predicted molar refractivity (Wildman–Crippen MR) is 114 cm³/mol. The predicted octanol–water partition coefficient (Wildman–Crippen LogP) is 4.39. The molecule has 31 heavy (non-hydrogen) atoms. The van der Waals surface area contributed by atoms with E-state index in [4.69, 9.17) is 20.9 Å². The number of nitrogens with zero attached hydrogens (tertiary/aromatic N) is 3. The topological polar surface area (TPSA) is 80.5 Å². The van der Waals surface area contributed by atoms with Gasteiger partial charge in [-0.05, 0) is 68.4 Å². The van der Waals surface area contributed by atoms with Gasteiger partial charge in [0, 0.05) is 17.2 Å². The van der Waals surface area contributed by atoms with E-state index in [2.05, 4.69) is 20.4 Å². The normalized spacial score (nSPS) is 15.1. The van der Waals surface area contributed by atoms with E-state index in [1.165, 1.54) is 18.2 Å². The molecule has 0 spiro atoms. The molecule has 1 amide bonds. The molecule has 0 bridgehead atoms. The highest BCUT2D eigenvalue weighted by molar-refractivity contribution is 6.31. The number of ether oxygens (including phenoxy) is 1. The first-order valence-corrected chi connectivity index (χ1v) is 10.3. The van der Waals surface area contributed by atoms with Crippen molar-refractivity contribution in [2.24, 2.45) is 5.92 Å². The van der Waals surface area contributed by atoms with Gasteiger partial charge in [-0.2, -0.15) is 4.98 Å². The zero-order chi connectivity index (χ0) is 21.8. The highest BCUT2D eigenvalue weighted by Gasteiger charge is 2.26. The number of hydrogen-bond acceptors (Lipinski definition) is 6. The molecule has 1 aliphatic rings. The Bertz CT molecular complexity index is 1050. The van der Waals surface area contributed by atoms with Gasteiger partial charge in [-0.3, -0.25) is 9.69 Å². The average molecular weight is 445 g/mol. The van der Waals surface area contributed by atoms with Crippen molar-refractivity contribution in [1.82, 2.24) is 15.0 Å². The van der Waals surface area contributed by atoms with Gasteiger partial charge in [-0.25, -0.2) is 4.39 Å². The van der Waals surface area contributed by atoms with Crippen LogP contribution in [0.2, 0.25) is 5.02 Å². The maximum absolute atomic E-state index is 13.3. The monoisotopic (exact) mass is 444 g/mol. The van der Waals surface area contributed by atoms with Crippen LogP contribution in [0, 0.1) is 11.7 Å². The van der Waals surface area contributed by atoms with Crippen LogP contribution in [0.1, 0.15) is 18.7 Å². The average Bonchev–Trinajstić information content (AvgIpc) is 3.25. The standard InChI is InChI=1S/C22H22ClFN4O3/c1-30-17-5-2-14(3-6-17)21-26-20(31-27-21)13-28-10-8-15(9-11-28)22(29)25-16-4-7-19(24)18(23)12-16/h2-7,12,15H,8-11,13H2,1H3,(H,25,29). The number of benzene rings is 2. The highest BCUT2D eigenvalue weighted by Crippen LogP contribution is 2.24. The summed E-state index contributed by atoms with van der Waals surface area (Å²) in [6.07, 6.45) is 1.42. The molecular formula is C22H22ClFN4O3. The van der Waals surface area contributed by atoms with E-state index >= 15 is 0 Å². The molecule has 0 saturated carbocycles. The van der Waals surface area contributed by atoms with Crippen LogP contribution in [0.15, 0.2) is 47.0 Å². The number of likely N-dealkylation sites (tertiary alicyclic amines) is 1. The van der Waals surface area contributed by atoms with Gasteiger partial charge in [-0.15, -0.1) is 0 Å². The number of amides is 1. The Labute approximate surface area is 184 Å². The minimum atomic E-state index is -0.510. The van der Waals surface area contributed by atoms with Crippen LogP contribution >= 0.6 is 11.6 Å². The Balaban J connectivity index is 1.28. The minimum absolute atomic E-state index is 0.0128. The van der Waals surface area contributed by atoms with Gasteiger partial charge in [0.1, 0.15) is 11.6 Å². The molecule has 7 nitrogen and oxygen atoms in total. The number of anilines is 1. The zero-order valence-electron chi connectivity index (χ0n) is 17.0. The summed E-state index contributed by atoms with van der Waals surface area (Å²) >= 11 is 5.78. The first-order valence-electron chi connectivity index (χ1n) is 9.97. The lowest BCUT2D eigenvalue weighted by molar-refractivity contribution is -0.121. The molecule has 1 aromatic heterocycles. The minimum Gasteiger partial charge on any atom is -0.497 e. The van der Waals surface area contributed by atoms with Crippen molar-refractivity contribution in [3.05, 3.63) is 59.2 Å². The number of hydrogen-bond donors (Lipinski definition) is 1. The van der Waals surface area contributed by atoms with E-state index in [9.17, 15) is 9.18 Å². The molecule has 0 radical (unpaired) electrons. The van der Waals surface area contributed by atoms with Crippen LogP contribution in [0.5, 0.6) is 5.75 Å². The lowest BCUT2D eigenvalue weighted by Crippen LogP contribution is -2.37. The van der Waals surface area contributed by atoms with E-state index in [1.54, 1.807) is 7.11 Å². The van der Waals surface area contributed by atoms with Crippen LogP contribution in [0.4, 0.5) is 10.1 Å². The van der Waals surface area contributed by atoms with Crippen LogP contribution in [-0.4, -0.2) is 41.1 Å². The quantitative estimate of drug-likeness (QED) is 0.607. The Hall–Kier alpha value is -2.97. The van der Waals surface area contributed by atoms with E-state index < -0.39 is 5.82 Å². The third kappa shape index (κ3) is 5.21. The smallest absolute Gasteiger partial charge is 0.241 e. The molecule has 1 fully saturated rings. The molecule has 1 aliphatic heterocycles. The number of carbonyl (C=O) groups is 1. The molecule has 1 N–H and O–H groups in total. The molecule has 3 aromatic rings. The van der Waals surface area contributed by atoms with Crippen LogP contribution in [0.3, 0.4) is 0 Å². The fraction of sp³-hybridized carbons (Fsp3) is 0.318. The van der Waals surface area contributed by atoms with E-state index in [1.807, 2.05) is 24.3 Å². The summed E-state index contributed by atoms with van der Waals surface area (Å²) in [5, 5.41) is 6.86. The molecule has 2 aromatic carbocycles. The second-order valence-corrected chi connectivity index (χ2v) is 7.82. The van der Waals surface area contributed by atoms with Gasteiger partial charge < -0.3 is 14.6 Å². The Kier molecular flexibility index (Phi) is 6.48. The van der Waals surface area contributed by atoms with Crippen molar-refractivity contribution in [2.75, 3.05) is 25.5 Å². The maximum atomic E-state index is 13.3. The number of nitrogens with one attached hydrogen (secondary N) is 1. The summed E-state index contributed by atoms with van der Waals surface area (Å²) in [5.74, 6) is 1.13. The molecule has 4 rings (SSSR count). The Morgan fingerprint density at radius 3 is 2.68 bits per heavy atom. The summed E-state index contributed by atoms with van der Waals surface area (Å²) in [5.41, 5.74) is 1.35. The summed E-state index contributed by atoms with van der Waals surface area (Å²) < 4.78 is 23.8. The van der Waals surface area contributed by atoms with Gasteiger partial charge in [0.05, 0.1) is 18.7 Å². The molecule has 0 atom stereocenters. The summed E-state index contributed by atoms with van der Waals surface area (Å²) in [4.78, 5) is 19.2. The van der Waals surface area contributed by atoms with Crippen LogP contribution < -0.4 is 10.1 Å². The molecule has 0 unspecified atom stereocenters. The number of rotatable bonds is 6. The largest absolute Gasteiger partial charge is 0.497 e. The first kappa shape index (κ1) is 21.3. The highest BCUT2D eigenvalue weighted by atomic mass is 35.5. The summed E-state index contributed by atoms with van der Waals surface area (Å²) in [6.45, 7) is 2.01. The number of aromatic nitrogens is 2. The van der Waals surface area contributed by atoms with Crippen molar-refractivity contribution >= 4 is 23.2 Å². The number of methoxy groups -OCH3 is 1.